The first-order valence-electron chi connectivity index (χ1n) is 7.24. The van der Waals surface area contributed by atoms with Crippen molar-refractivity contribution in [1.82, 2.24) is 4.31 Å². The molecule has 1 aliphatic rings. The average Bonchev–Trinajstić information content (AvgIpc) is 2.47. The van der Waals surface area contributed by atoms with Gasteiger partial charge in [-0.3, -0.25) is 0 Å². The predicted octanol–water partition coefficient (Wildman–Crippen LogP) is 2.82. The molecule has 0 saturated carbocycles. The Morgan fingerprint density at radius 1 is 1.35 bits per heavy atom. The van der Waals surface area contributed by atoms with Gasteiger partial charge in [0.05, 0.1) is 5.75 Å². The van der Waals surface area contributed by atoms with E-state index < -0.39 is 10.0 Å². The lowest BCUT2D eigenvalue weighted by atomic mass is 9.92. The molecule has 1 fully saturated rings. The van der Waals surface area contributed by atoms with Crippen LogP contribution in [0.5, 0.6) is 0 Å². The van der Waals surface area contributed by atoms with Gasteiger partial charge in [0.2, 0.25) is 10.0 Å². The van der Waals surface area contributed by atoms with E-state index in [0.29, 0.717) is 25.4 Å². The normalized spacial score (nSPS) is 21.0. The molecule has 1 saturated heterocycles. The van der Waals surface area contributed by atoms with Crippen LogP contribution < -0.4 is 0 Å². The van der Waals surface area contributed by atoms with E-state index in [0.717, 1.165) is 24.8 Å². The Kier molecular flexibility index (Phi) is 5.16. The van der Waals surface area contributed by atoms with Crippen LogP contribution >= 0.6 is 0 Å². The number of nitrogens with zero attached hydrogens (tertiary/aromatic N) is 1. The van der Waals surface area contributed by atoms with Gasteiger partial charge in [0.1, 0.15) is 5.82 Å². The number of aryl methyl sites for hydroxylation is 1. The minimum absolute atomic E-state index is 0.160. The van der Waals surface area contributed by atoms with Crippen molar-refractivity contribution in [2.75, 3.05) is 18.8 Å². The topological polar surface area (TPSA) is 37.4 Å². The smallest absolute Gasteiger partial charge is 0.212 e. The second kappa shape index (κ2) is 6.68. The summed E-state index contributed by atoms with van der Waals surface area (Å²) in [6.45, 7) is 2.90. The Morgan fingerprint density at radius 2 is 2.10 bits per heavy atom. The average molecular weight is 299 g/mol. The first kappa shape index (κ1) is 15.4. The number of hydrogen-bond acceptors (Lipinski definition) is 2. The minimum Gasteiger partial charge on any atom is -0.212 e. The molecule has 1 aromatic carbocycles. The van der Waals surface area contributed by atoms with Crippen molar-refractivity contribution >= 4 is 10.0 Å². The van der Waals surface area contributed by atoms with E-state index in [1.54, 1.807) is 23.4 Å². The maximum absolute atomic E-state index is 13.6. The van der Waals surface area contributed by atoms with E-state index in [9.17, 15) is 12.8 Å². The highest BCUT2D eigenvalue weighted by Crippen LogP contribution is 2.24. The van der Waals surface area contributed by atoms with Crippen molar-refractivity contribution in [3.05, 3.63) is 35.6 Å². The van der Waals surface area contributed by atoms with Crippen LogP contribution in [0.3, 0.4) is 0 Å². The highest BCUT2D eigenvalue weighted by atomic mass is 32.2. The fourth-order valence-electron chi connectivity index (χ4n) is 2.76. The highest BCUT2D eigenvalue weighted by molar-refractivity contribution is 7.89. The third-order valence-corrected chi connectivity index (χ3v) is 5.87. The molecule has 0 aliphatic carbocycles. The van der Waals surface area contributed by atoms with Gasteiger partial charge in [-0.05, 0) is 50.2 Å². The third-order valence-electron chi connectivity index (χ3n) is 4.02. The van der Waals surface area contributed by atoms with Crippen LogP contribution in [0.15, 0.2) is 24.3 Å². The second-order valence-corrected chi connectivity index (χ2v) is 7.65. The monoisotopic (exact) mass is 299 g/mol. The molecule has 20 heavy (non-hydrogen) atoms. The molecule has 0 radical (unpaired) electrons. The first-order chi connectivity index (χ1) is 9.53. The van der Waals surface area contributed by atoms with E-state index >= 15 is 0 Å². The summed E-state index contributed by atoms with van der Waals surface area (Å²) in [6.07, 6.45) is 3.46. The zero-order valence-corrected chi connectivity index (χ0v) is 12.7. The van der Waals surface area contributed by atoms with E-state index in [1.165, 1.54) is 6.07 Å². The van der Waals surface area contributed by atoms with Gasteiger partial charge in [-0.1, -0.05) is 18.2 Å². The summed E-state index contributed by atoms with van der Waals surface area (Å²) in [5, 5.41) is 0. The number of sulfonamides is 1. The lowest BCUT2D eigenvalue weighted by Crippen LogP contribution is -2.40. The van der Waals surface area contributed by atoms with Crippen LogP contribution in [0.1, 0.15) is 31.7 Å². The van der Waals surface area contributed by atoms with Crippen LogP contribution in [0.2, 0.25) is 0 Å². The predicted molar refractivity (Wildman–Crippen MR) is 78.5 cm³/mol. The molecular weight excluding hydrogens is 277 g/mol. The number of benzene rings is 1. The van der Waals surface area contributed by atoms with Gasteiger partial charge in [0.25, 0.3) is 0 Å². The quantitative estimate of drug-likeness (QED) is 0.838. The lowest BCUT2D eigenvalue weighted by Gasteiger charge is -2.31. The van der Waals surface area contributed by atoms with Crippen molar-refractivity contribution in [2.45, 2.75) is 32.6 Å². The summed E-state index contributed by atoms with van der Waals surface area (Å²) in [7, 11) is -3.09. The molecule has 0 spiro atoms. The first-order valence-corrected chi connectivity index (χ1v) is 8.85. The summed E-state index contributed by atoms with van der Waals surface area (Å²) >= 11 is 0. The highest BCUT2D eigenvalue weighted by Gasteiger charge is 2.27. The molecule has 1 atom stereocenters. The third kappa shape index (κ3) is 3.79. The Balaban J connectivity index is 1.92. The van der Waals surface area contributed by atoms with Gasteiger partial charge in [0, 0.05) is 13.1 Å². The Morgan fingerprint density at radius 3 is 2.80 bits per heavy atom. The zero-order chi connectivity index (χ0) is 14.6. The van der Waals surface area contributed by atoms with Crippen molar-refractivity contribution in [2.24, 2.45) is 5.92 Å². The molecule has 3 nitrogen and oxygen atoms in total. The maximum Gasteiger partial charge on any atom is 0.213 e. The molecule has 5 heteroatoms. The van der Waals surface area contributed by atoms with Gasteiger partial charge in [-0.15, -0.1) is 0 Å². The van der Waals surface area contributed by atoms with Crippen molar-refractivity contribution in [3.8, 4) is 0 Å². The maximum atomic E-state index is 13.6. The van der Waals surface area contributed by atoms with Crippen LogP contribution in [0.25, 0.3) is 0 Å². The molecule has 0 unspecified atom stereocenters. The van der Waals surface area contributed by atoms with Crippen molar-refractivity contribution < 1.29 is 12.8 Å². The number of rotatable bonds is 5. The molecule has 0 bridgehead atoms. The van der Waals surface area contributed by atoms with E-state index in [2.05, 4.69) is 0 Å². The minimum atomic E-state index is -3.09. The van der Waals surface area contributed by atoms with Crippen LogP contribution in [0, 0.1) is 11.7 Å². The van der Waals surface area contributed by atoms with Gasteiger partial charge in [-0.25, -0.2) is 17.1 Å². The van der Waals surface area contributed by atoms with E-state index in [1.807, 2.05) is 6.07 Å². The number of hydrogen-bond donors (Lipinski definition) is 0. The van der Waals surface area contributed by atoms with Gasteiger partial charge >= 0.3 is 0 Å². The zero-order valence-electron chi connectivity index (χ0n) is 11.9. The summed E-state index contributed by atoms with van der Waals surface area (Å²) in [6, 6.07) is 6.81. The number of piperidine rings is 1. The second-order valence-electron chi connectivity index (χ2n) is 5.40. The van der Waals surface area contributed by atoms with E-state index in [4.69, 9.17) is 0 Å². The molecule has 1 aliphatic heterocycles. The Bertz CT molecular complexity index is 545. The molecule has 1 aromatic rings. The molecule has 2 rings (SSSR count). The van der Waals surface area contributed by atoms with Crippen molar-refractivity contribution in [1.29, 1.82) is 0 Å². The standard InChI is InChI=1S/C15H22FNO2S/c1-2-20(18,19)17-11-5-6-13(12-17)9-10-14-7-3-4-8-15(14)16/h3-4,7-8,13H,2,5-6,9-12H2,1H3/t13-/m0/s1. The van der Waals surface area contributed by atoms with Crippen LogP contribution in [0.4, 0.5) is 4.39 Å². The van der Waals surface area contributed by atoms with Gasteiger partial charge < -0.3 is 0 Å². The molecule has 0 N–H and O–H groups in total. The SMILES string of the molecule is CCS(=O)(=O)N1CCC[C@@H](CCc2ccccc2F)C1. The molecule has 112 valence electrons. The lowest BCUT2D eigenvalue weighted by molar-refractivity contribution is 0.256. The van der Waals surface area contributed by atoms with E-state index in [-0.39, 0.29) is 11.6 Å². The largest absolute Gasteiger partial charge is 0.213 e. The Hall–Kier alpha value is -0.940. The summed E-state index contributed by atoms with van der Waals surface area (Å²) < 4.78 is 38.9. The molecular formula is C15H22FNO2S. The summed E-state index contributed by atoms with van der Waals surface area (Å²) in [5.41, 5.74) is 0.725. The summed E-state index contributed by atoms with van der Waals surface area (Å²) in [4.78, 5) is 0. The molecule has 1 heterocycles. The van der Waals surface area contributed by atoms with Crippen molar-refractivity contribution in [3.63, 3.8) is 0 Å². The van der Waals surface area contributed by atoms with Crippen LogP contribution in [-0.2, 0) is 16.4 Å². The fourth-order valence-corrected chi connectivity index (χ4v) is 3.97. The Labute approximate surface area is 120 Å². The molecule has 0 aromatic heterocycles. The summed E-state index contributed by atoms with van der Waals surface area (Å²) in [5.74, 6) is 0.332. The van der Waals surface area contributed by atoms with Gasteiger partial charge in [0.15, 0.2) is 0 Å². The van der Waals surface area contributed by atoms with Crippen LogP contribution in [-0.4, -0.2) is 31.6 Å². The number of halogens is 1. The molecule has 0 amide bonds. The fraction of sp³-hybridized carbons (Fsp3) is 0.600. The van der Waals surface area contributed by atoms with Gasteiger partial charge in [-0.2, -0.15) is 0 Å².